The predicted molar refractivity (Wildman–Crippen MR) is 81.2 cm³/mol. The second-order valence-electron chi connectivity index (χ2n) is 6.50. The minimum atomic E-state index is -0.914. The zero-order valence-electron chi connectivity index (χ0n) is 13.6. The number of aliphatic hydroxyl groups is 1. The van der Waals surface area contributed by atoms with Crippen molar-refractivity contribution in [2.75, 3.05) is 13.2 Å². The molecule has 5 heteroatoms. The maximum absolute atomic E-state index is 12.2. The van der Waals surface area contributed by atoms with Gasteiger partial charge in [0.2, 0.25) is 0 Å². The number of amides is 1. The van der Waals surface area contributed by atoms with Crippen LogP contribution in [-0.4, -0.2) is 40.4 Å². The van der Waals surface area contributed by atoms with Crippen LogP contribution >= 0.6 is 0 Å². The van der Waals surface area contributed by atoms with Crippen molar-refractivity contribution in [2.24, 2.45) is 12.5 Å². The first-order chi connectivity index (χ1) is 9.73. The van der Waals surface area contributed by atoms with E-state index in [2.05, 4.69) is 5.32 Å². The average molecular weight is 294 g/mol. The Morgan fingerprint density at radius 3 is 2.67 bits per heavy atom. The van der Waals surface area contributed by atoms with Crippen LogP contribution in [0.15, 0.2) is 12.1 Å². The maximum atomic E-state index is 12.2. The van der Waals surface area contributed by atoms with E-state index >= 15 is 0 Å². The van der Waals surface area contributed by atoms with Crippen LogP contribution in [0.25, 0.3) is 0 Å². The largest absolute Gasteiger partial charge is 0.387 e. The Kier molecular flexibility index (Phi) is 4.17. The van der Waals surface area contributed by atoms with Crippen molar-refractivity contribution in [1.29, 1.82) is 0 Å². The predicted octanol–water partition coefficient (Wildman–Crippen LogP) is 1.63. The minimum Gasteiger partial charge on any atom is -0.387 e. The number of hydrogen-bond acceptors (Lipinski definition) is 3. The van der Waals surface area contributed by atoms with E-state index in [4.69, 9.17) is 4.74 Å². The number of nitrogens with one attached hydrogen (secondary N) is 1. The molecule has 1 aliphatic rings. The van der Waals surface area contributed by atoms with E-state index in [-0.39, 0.29) is 24.0 Å². The molecule has 118 valence electrons. The van der Waals surface area contributed by atoms with Crippen LogP contribution in [0, 0.1) is 12.3 Å². The summed E-state index contributed by atoms with van der Waals surface area (Å²) in [5, 5.41) is 13.6. The fraction of sp³-hybridized carbons (Fsp3) is 0.688. The molecule has 1 heterocycles. The molecule has 0 radical (unpaired) electrons. The maximum Gasteiger partial charge on any atom is 0.268 e. The lowest BCUT2D eigenvalue weighted by atomic mass is 9.56. The quantitative estimate of drug-likeness (QED) is 0.867. The molecule has 1 fully saturated rings. The average Bonchev–Trinajstić information content (AvgIpc) is 2.76. The summed E-state index contributed by atoms with van der Waals surface area (Å²) in [5.41, 5.74) is 0.358. The van der Waals surface area contributed by atoms with Crippen molar-refractivity contribution in [3.05, 3.63) is 23.5 Å². The Morgan fingerprint density at radius 2 is 2.19 bits per heavy atom. The number of aromatic nitrogens is 1. The van der Waals surface area contributed by atoms with E-state index in [1.54, 1.807) is 6.07 Å². The standard InChI is InChI=1S/C16H26N2O3/c1-6-21-13-9-16(20,15(13,3)4)10-17-14(19)12-8-7-11(2)18(12)5/h7-8,13,20H,6,9-10H2,1-5H3,(H,17,19)/t13-,16-/m1/s1. The summed E-state index contributed by atoms with van der Waals surface area (Å²) in [6.07, 6.45) is 0.599. The lowest BCUT2D eigenvalue weighted by Crippen LogP contribution is -2.68. The van der Waals surface area contributed by atoms with Gasteiger partial charge in [0.15, 0.2) is 0 Å². The zero-order valence-corrected chi connectivity index (χ0v) is 13.6. The summed E-state index contributed by atoms with van der Waals surface area (Å²) in [7, 11) is 1.86. The summed E-state index contributed by atoms with van der Waals surface area (Å²) < 4.78 is 7.47. The molecule has 2 N–H and O–H groups in total. The molecular weight excluding hydrogens is 268 g/mol. The van der Waals surface area contributed by atoms with Gasteiger partial charge in [0.25, 0.3) is 5.91 Å². The van der Waals surface area contributed by atoms with Crippen molar-refractivity contribution < 1.29 is 14.6 Å². The Hall–Kier alpha value is -1.33. The first kappa shape index (κ1) is 16.0. The van der Waals surface area contributed by atoms with Gasteiger partial charge in [-0.25, -0.2) is 0 Å². The highest BCUT2D eigenvalue weighted by Crippen LogP contribution is 2.50. The first-order valence-electron chi connectivity index (χ1n) is 7.47. The van der Waals surface area contributed by atoms with Gasteiger partial charge < -0.3 is 19.7 Å². The van der Waals surface area contributed by atoms with E-state index in [1.807, 2.05) is 45.4 Å². The van der Waals surface area contributed by atoms with Gasteiger partial charge in [-0.15, -0.1) is 0 Å². The molecule has 1 aliphatic carbocycles. The van der Waals surface area contributed by atoms with E-state index in [9.17, 15) is 9.90 Å². The van der Waals surface area contributed by atoms with Gasteiger partial charge in [0, 0.05) is 37.7 Å². The highest BCUT2D eigenvalue weighted by Gasteiger charge is 2.59. The summed E-state index contributed by atoms with van der Waals surface area (Å²) in [5.74, 6) is -0.158. The molecule has 5 nitrogen and oxygen atoms in total. The third-order valence-electron chi connectivity index (χ3n) is 5.04. The number of ether oxygens (including phenoxy) is 1. The van der Waals surface area contributed by atoms with Crippen molar-refractivity contribution in [3.8, 4) is 0 Å². The number of rotatable bonds is 5. The van der Waals surface area contributed by atoms with Crippen LogP contribution in [0.5, 0.6) is 0 Å². The normalized spacial score (nSPS) is 27.2. The van der Waals surface area contributed by atoms with Crippen LogP contribution in [0.3, 0.4) is 0 Å². The minimum absolute atomic E-state index is 0.0432. The Labute approximate surface area is 126 Å². The monoisotopic (exact) mass is 294 g/mol. The summed E-state index contributed by atoms with van der Waals surface area (Å²) in [4.78, 5) is 12.2. The van der Waals surface area contributed by atoms with E-state index in [1.165, 1.54) is 0 Å². The fourth-order valence-corrected chi connectivity index (χ4v) is 2.92. The molecule has 1 aromatic rings. The molecule has 1 saturated carbocycles. The summed E-state index contributed by atoms with van der Waals surface area (Å²) >= 11 is 0. The highest BCUT2D eigenvalue weighted by atomic mass is 16.5. The van der Waals surface area contributed by atoms with E-state index in [0.717, 1.165) is 5.69 Å². The molecular formula is C16H26N2O3. The van der Waals surface area contributed by atoms with Gasteiger partial charge in [-0.05, 0) is 26.0 Å². The van der Waals surface area contributed by atoms with Crippen LogP contribution in [-0.2, 0) is 11.8 Å². The van der Waals surface area contributed by atoms with Crippen LogP contribution in [0.1, 0.15) is 43.4 Å². The van der Waals surface area contributed by atoms with E-state index < -0.39 is 5.60 Å². The third-order valence-corrected chi connectivity index (χ3v) is 5.04. The second kappa shape index (κ2) is 5.46. The number of aryl methyl sites for hydroxylation is 1. The molecule has 0 bridgehead atoms. The molecule has 0 spiro atoms. The second-order valence-corrected chi connectivity index (χ2v) is 6.50. The zero-order chi connectivity index (χ0) is 15.8. The van der Waals surface area contributed by atoms with Gasteiger partial charge >= 0.3 is 0 Å². The molecule has 0 aliphatic heterocycles. The molecule has 2 rings (SSSR count). The number of hydrogen-bond donors (Lipinski definition) is 2. The van der Waals surface area contributed by atoms with Crippen LogP contribution < -0.4 is 5.32 Å². The van der Waals surface area contributed by atoms with E-state index in [0.29, 0.717) is 18.7 Å². The topological polar surface area (TPSA) is 63.5 Å². The van der Waals surface area contributed by atoms with Crippen LogP contribution in [0.2, 0.25) is 0 Å². The SMILES string of the molecule is CCO[C@@H]1C[C@@](O)(CNC(=O)c2ccc(C)n2C)C1(C)C. The smallest absolute Gasteiger partial charge is 0.268 e. The molecule has 1 amide bonds. The van der Waals surface area contributed by atoms with Gasteiger partial charge in [-0.1, -0.05) is 13.8 Å². The number of carbonyl (C=O) groups excluding carboxylic acids is 1. The number of nitrogens with zero attached hydrogens (tertiary/aromatic N) is 1. The van der Waals surface area contributed by atoms with Crippen molar-refractivity contribution in [1.82, 2.24) is 9.88 Å². The van der Waals surface area contributed by atoms with Crippen molar-refractivity contribution >= 4 is 5.91 Å². The molecule has 0 aromatic carbocycles. The molecule has 2 atom stereocenters. The molecule has 21 heavy (non-hydrogen) atoms. The number of carbonyl (C=O) groups is 1. The molecule has 0 unspecified atom stereocenters. The lowest BCUT2D eigenvalue weighted by molar-refractivity contribution is -0.237. The summed E-state index contributed by atoms with van der Waals surface area (Å²) in [6, 6.07) is 3.70. The Bertz CT molecular complexity index is 536. The lowest BCUT2D eigenvalue weighted by Gasteiger charge is -2.57. The third kappa shape index (κ3) is 2.60. The molecule has 0 saturated heterocycles. The Morgan fingerprint density at radius 1 is 1.52 bits per heavy atom. The first-order valence-corrected chi connectivity index (χ1v) is 7.47. The van der Waals surface area contributed by atoms with Gasteiger partial charge in [0.1, 0.15) is 5.69 Å². The molecule has 1 aromatic heterocycles. The van der Waals surface area contributed by atoms with Crippen molar-refractivity contribution in [2.45, 2.75) is 45.8 Å². The van der Waals surface area contributed by atoms with Crippen molar-refractivity contribution in [3.63, 3.8) is 0 Å². The summed E-state index contributed by atoms with van der Waals surface area (Å²) in [6.45, 7) is 8.75. The van der Waals surface area contributed by atoms with Gasteiger partial charge in [-0.3, -0.25) is 4.79 Å². The van der Waals surface area contributed by atoms with Gasteiger partial charge in [-0.2, -0.15) is 0 Å². The Balaban J connectivity index is 1.97. The van der Waals surface area contributed by atoms with Crippen LogP contribution in [0.4, 0.5) is 0 Å². The fourth-order valence-electron chi connectivity index (χ4n) is 2.92. The highest BCUT2D eigenvalue weighted by molar-refractivity contribution is 5.92. The van der Waals surface area contributed by atoms with Gasteiger partial charge in [0.05, 0.1) is 11.7 Å².